The van der Waals surface area contributed by atoms with Crippen LogP contribution < -0.4 is 10.7 Å². The van der Waals surface area contributed by atoms with E-state index in [2.05, 4.69) is 15.8 Å². The molecule has 1 aromatic heterocycles. The zero-order valence-corrected chi connectivity index (χ0v) is 12.4. The number of rotatable bonds is 5. The number of hydrogen-bond donors (Lipinski definition) is 2. The van der Waals surface area contributed by atoms with Crippen molar-refractivity contribution in [3.05, 3.63) is 53.5 Å². The van der Waals surface area contributed by atoms with Crippen molar-refractivity contribution in [2.45, 2.75) is 26.8 Å². The molecule has 1 aromatic carbocycles. The number of nitrogens with one attached hydrogen (secondary N) is 2. The SMILES string of the molecule is Cc1ccc(/C=N\NC(=O)[C@@H](C)Nc2ccccc2C)o1. The number of carbonyl (C=O) groups excluding carboxylic acids is 1. The molecule has 0 fully saturated rings. The van der Waals surface area contributed by atoms with Gasteiger partial charge in [-0.05, 0) is 44.5 Å². The summed E-state index contributed by atoms with van der Waals surface area (Å²) in [5.41, 5.74) is 4.51. The molecular weight excluding hydrogens is 266 g/mol. The lowest BCUT2D eigenvalue weighted by Crippen LogP contribution is -2.35. The minimum atomic E-state index is -0.387. The highest BCUT2D eigenvalue weighted by Crippen LogP contribution is 2.14. The molecule has 0 radical (unpaired) electrons. The molecule has 5 heteroatoms. The van der Waals surface area contributed by atoms with Crippen molar-refractivity contribution < 1.29 is 9.21 Å². The van der Waals surface area contributed by atoms with E-state index in [1.807, 2.05) is 44.2 Å². The average Bonchev–Trinajstić information content (AvgIpc) is 2.87. The van der Waals surface area contributed by atoms with Crippen LogP contribution in [0.5, 0.6) is 0 Å². The summed E-state index contributed by atoms with van der Waals surface area (Å²) in [6.07, 6.45) is 1.48. The van der Waals surface area contributed by atoms with E-state index in [0.717, 1.165) is 17.0 Å². The number of furan rings is 1. The van der Waals surface area contributed by atoms with Crippen molar-refractivity contribution in [2.24, 2.45) is 5.10 Å². The van der Waals surface area contributed by atoms with Gasteiger partial charge in [0, 0.05) is 5.69 Å². The van der Waals surface area contributed by atoms with Crippen LogP contribution in [-0.4, -0.2) is 18.2 Å². The van der Waals surface area contributed by atoms with E-state index in [0.29, 0.717) is 5.76 Å². The predicted molar refractivity (Wildman–Crippen MR) is 83.4 cm³/mol. The Balaban J connectivity index is 1.88. The zero-order chi connectivity index (χ0) is 15.2. The van der Waals surface area contributed by atoms with Gasteiger partial charge in [-0.1, -0.05) is 18.2 Å². The van der Waals surface area contributed by atoms with Gasteiger partial charge in [-0.2, -0.15) is 5.10 Å². The Morgan fingerprint density at radius 2 is 2.00 bits per heavy atom. The van der Waals surface area contributed by atoms with Gasteiger partial charge >= 0.3 is 0 Å². The smallest absolute Gasteiger partial charge is 0.262 e. The molecule has 0 aliphatic carbocycles. The lowest BCUT2D eigenvalue weighted by atomic mass is 10.2. The third-order valence-corrected chi connectivity index (χ3v) is 3.04. The second-order valence-corrected chi connectivity index (χ2v) is 4.86. The standard InChI is InChI=1S/C16H19N3O2/c1-11-6-4-5-7-15(11)18-13(3)16(20)19-17-10-14-9-8-12(2)21-14/h4-10,13,18H,1-3H3,(H,19,20)/b17-10-/t13-/m1/s1. The quantitative estimate of drug-likeness (QED) is 0.655. The Bertz CT molecular complexity index is 646. The number of nitrogens with zero attached hydrogens (tertiary/aromatic N) is 1. The summed E-state index contributed by atoms with van der Waals surface area (Å²) < 4.78 is 5.32. The number of benzene rings is 1. The molecule has 0 unspecified atom stereocenters. The molecular formula is C16H19N3O2. The highest BCUT2D eigenvalue weighted by Gasteiger charge is 2.12. The molecule has 2 N–H and O–H groups in total. The van der Waals surface area contributed by atoms with E-state index in [1.54, 1.807) is 13.0 Å². The number of para-hydroxylation sites is 1. The van der Waals surface area contributed by atoms with E-state index in [4.69, 9.17) is 4.42 Å². The lowest BCUT2D eigenvalue weighted by Gasteiger charge is -2.15. The van der Waals surface area contributed by atoms with Gasteiger partial charge in [0.2, 0.25) is 0 Å². The summed E-state index contributed by atoms with van der Waals surface area (Å²) in [5, 5.41) is 7.04. The van der Waals surface area contributed by atoms with Gasteiger partial charge in [-0.3, -0.25) is 4.79 Å². The minimum Gasteiger partial charge on any atom is -0.460 e. The second kappa shape index (κ2) is 6.74. The van der Waals surface area contributed by atoms with Crippen molar-refractivity contribution >= 4 is 17.8 Å². The van der Waals surface area contributed by atoms with Crippen molar-refractivity contribution in [2.75, 3.05) is 5.32 Å². The Kier molecular flexibility index (Phi) is 4.77. The van der Waals surface area contributed by atoms with Gasteiger partial charge in [0.1, 0.15) is 17.6 Å². The number of anilines is 1. The Morgan fingerprint density at radius 3 is 2.67 bits per heavy atom. The zero-order valence-electron chi connectivity index (χ0n) is 12.4. The van der Waals surface area contributed by atoms with Crippen LogP contribution >= 0.6 is 0 Å². The van der Waals surface area contributed by atoms with Gasteiger partial charge < -0.3 is 9.73 Å². The number of aryl methyl sites for hydroxylation is 2. The fraction of sp³-hybridized carbons (Fsp3) is 0.250. The first-order valence-electron chi connectivity index (χ1n) is 6.78. The van der Waals surface area contributed by atoms with Crippen LogP contribution in [-0.2, 0) is 4.79 Å². The normalized spacial score (nSPS) is 12.3. The summed E-state index contributed by atoms with van der Waals surface area (Å²) in [5.74, 6) is 1.20. The molecule has 2 aromatic rings. The summed E-state index contributed by atoms with van der Waals surface area (Å²) in [6.45, 7) is 5.63. The van der Waals surface area contributed by atoms with Crippen molar-refractivity contribution in [1.82, 2.24) is 5.43 Å². The highest BCUT2D eigenvalue weighted by atomic mass is 16.3. The number of hydrogen-bond acceptors (Lipinski definition) is 4. The van der Waals surface area contributed by atoms with E-state index in [-0.39, 0.29) is 11.9 Å². The van der Waals surface area contributed by atoms with E-state index >= 15 is 0 Å². The largest absolute Gasteiger partial charge is 0.460 e. The molecule has 0 aliphatic rings. The van der Waals surface area contributed by atoms with Crippen LogP contribution in [0.1, 0.15) is 24.0 Å². The monoisotopic (exact) mass is 285 g/mol. The predicted octanol–water partition coefficient (Wildman–Crippen LogP) is 2.85. The minimum absolute atomic E-state index is 0.210. The van der Waals surface area contributed by atoms with Gasteiger partial charge in [0.05, 0.1) is 6.21 Å². The van der Waals surface area contributed by atoms with Gasteiger partial charge in [0.25, 0.3) is 5.91 Å². The molecule has 1 amide bonds. The summed E-state index contributed by atoms with van der Waals surface area (Å²) >= 11 is 0. The van der Waals surface area contributed by atoms with Crippen LogP contribution in [0.15, 0.2) is 45.9 Å². The number of carbonyl (C=O) groups is 1. The fourth-order valence-corrected chi connectivity index (χ4v) is 1.81. The number of hydrazone groups is 1. The molecule has 1 atom stereocenters. The average molecular weight is 285 g/mol. The van der Waals surface area contributed by atoms with Crippen molar-refractivity contribution in [3.63, 3.8) is 0 Å². The number of amides is 1. The first-order chi connectivity index (χ1) is 10.1. The molecule has 0 aliphatic heterocycles. The lowest BCUT2D eigenvalue weighted by molar-refractivity contribution is -0.121. The maximum atomic E-state index is 11.9. The molecule has 5 nitrogen and oxygen atoms in total. The van der Waals surface area contributed by atoms with Gasteiger partial charge in [0.15, 0.2) is 0 Å². The molecule has 2 rings (SSSR count). The molecule has 0 bridgehead atoms. The summed E-state index contributed by atoms with van der Waals surface area (Å²) in [6, 6.07) is 11.1. The van der Waals surface area contributed by atoms with Crippen LogP contribution in [0.25, 0.3) is 0 Å². The Morgan fingerprint density at radius 1 is 1.24 bits per heavy atom. The van der Waals surface area contributed by atoms with E-state index < -0.39 is 0 Å². The Labute approximate surface area is 124 Å². The molecule has 21 heavy (non-hydrogen) atoms. The maximum absolute atomic E-state index is 11.9. The molecule has 1 heterocycles. The van der Waals surface area contributed by atoms with Crippen LogP contribution in [0.2, 0.25) is 0 Å². The highest BCUT2D eigenvalue weighted by molar-refractivity contribution is 5.85. The molecule has 0 saturated carbocycles. The van der Waals surface area contributed by atoms with Crippen molar-refractivity contribution in [3.8, 4) is 0 Å². The van der Waals surface area contributed by atoms with Crippen LogP contribution in [0.4, 0.5) is 5.69 Å². The van der Waals surface area contributed by atoms with Crippen LogP contribution in [0, 0.1) is 13.8 Å². The van der Waals surface area contributed by atoms with E-state index in [1.165, 1.54) is 6.21 Å². The van der Waals surface area contributed by atoms with Crippen LogP contribution in [0.3, 0.4) is 0 Å². The third kappa shape index (κ3) is 4.21. The fourth-order valence-electron chi connectivity index (χ4n) is 1.81. The van der Waals surface area contributed by atoms with Gasteiger partial charge in [-0.25, -0.2) is 5.43 Å². The second-order valence-electron chi connectivity index (χ2n) is 4.86. The van der Waals surface area contributed by atoms with E-state index in [9.17, 15) is 4.79 Å². The summed E-state index contributed by atoms with van der Waals surface area (Å²) in [4.78, 5) is 11.9. The van der Waals surface area contributed by atoms with Crippen molar-refractivity contribution in [1.29, 1.82) is 0 Å². The first kappa shape index (κ1) is 14.8. The Hall–Kier alpha value is -2.56. The maximum Gasteiger partial charge on any atom is 0.262 e. The van der Waals surface area contributed by atoms with Gasteiger partial charge in [-0.15, -0.1) is 0 Å². The third-order valence-electron chi connectivity index (χ3n) is 3.04. The molecule has 0 spiro atoms. The first-order valence-corrected chi connectivity index (χ1v) is 6.78. The molecule has 110 valence electrons. The summed E-state index contributed by atoms with van der Waals surface area (Å²) in [7, 11) is 0. The molecule has 0 saturated heterocycles. The topological polar surface area (TPSA) is 66.6 Å².